The molecule has 0 saturated heterocycles. The van der Waals surface area contributed by atoms with Crippen LogP contribution in [-0.2, 0) is 0 Å². The molecule has 1 heterocycles. The molecule has 1 rings (SSSR count). The Labute approximate surface area is 95.7 Å². The van der Waals surface area contributed by atoms with Gasteiger partial charge < -0.3 is 5.11 Å². The average Bonchev–Trinajstić information content (AvgIpc) is 2.29. The summed E-state index contributed by atoms with van der Waals surface area (Å²) in [5, 5.41) is 9.00. The van der Waals surface area contributed by atoms with Gasteiger partial charge in [-0.05, 0) is 12.3 Å². The molecule has 0 fully saturated rings. The van der Waals surface area contributed by atoms with Gasteiger partial charge in [0.25, 0.3) is 0 Å². The van der Waals surface area contributed by atoms with E-state index in [1.807, 2.05) is 6.92 Å². The van der Waals surface area contributed by atoms with Crippen LogP contribution in [0.25, 0.3) is 0 Å². The largest absolute Gasteiger partial charge is 0.477 e. The number of unbranched alkanes of at least 4 members (excludes halogenated alkanes) is 2. The predicted octanol–water partition coefficient (Wildman–Crippen LogP) is 2.86. The highest BCUT2D eigenvalue weighted by Crippen LogP contribution is 2.23. The third-order valence-corrected chi connectivity index (χ3v) is 2.71. The Balaban J connectivity index is 2.74. The number of aromatic carboxylic acids is 1. The second-order valence-electron chi connectivity index (χ2n) is 4.03. The summed E-state index contributed by atoms with van der Waals surface area (Å²) in [6.45, 7) is 4.18. The lowest BCUT2D eigenvalue weighted by molar-refractivity contribution is 0.0688. The molecule has 0 amide bonds. The molecular formula is C12H18N2O2. The highest BCUT2D eigenvalue weighted by Gasteiger charge is 2.16. The fourth-order valence-electron chi connectivity index (χ4n) is 1.74. The van der Waals surface area contributed by atoms with Gasteiger partial charge in [0, 0.05) is 11.8 Å². The van der Waals surface area contributed by atoms with Crippen LogP contribution in [0.15, 0.2) is 12.5 Å². The fourth-order valence-corrected chi connectivity index (χ4v) is 1.74. The molecule has 0 radical (unpaired) electrons. The molecule has 1 atom stereocenters. The topological polar surface area (TPSA) is 63.1 Å². The van der Waals surface area contributed by atoms with Crippen LogP contribution in [0.2, 0.25) is 0 Å². The molecule has 4 nitrogen and oxygen atoms in total. The number of hydrogen-bond donors (Lipinski definition) is 1. The van der Waals surface area contributed by atoms with Crippen molar-refractivity contribution in [1.29, 1.82) is 0 Å². The van der Waals surface area contributed by atoms with Crippen LogP contribution < -0.4 is 0 Å². The van der Waals surface area contributed by atoms with Gasteiger partial charge in [0.05, 0.1) is 0 Å². The summed E-state index contributed by atoms with van der Waals surface area (Å²) in [5.41, 5.74) is 0.880. The number of aromatic nitrogens is 2. The van der Waals surface area contributed by atoms with Crippen molar-refractivity contribution in [2.75, 3.05) is 0 Å². The number of carbonyl (C=O) groups is 1. The Morgan fingerprint density at radius 1 is 1.50 bits per heavy atom. The van der Waals surface area contributed by atoms with E-state index in [-0.39, 0.29) is 11.6 Å². The van der Waals surface area contributed by atoms with Crippen LogP contribution in [0, 0.1) is 0 Å². The molecule has 1 aromatic heterocycles. The lowest BCUT2D eigenvalue weighted by Crippen LogP contribution is -2.08. The Morgan fingerprint density at radius 3 is 2.88 bits per heavy atom. The first-order valence-electron chi connectivity index (χ1n) is 5.70. The van der Waals surface area contributed by atoms with Crippen LogP contribution >= 0.6 is 0 Å². The normalized spacial score (nSPS) is 12.4. The van der Waals surface area contributed by atoms with Gasteiger partial charge in [0.2, 0.25) is 0 Å². The minimum atomic E-state index is -0.972. The van der Waals surface area contributed by atoms with E-state index in [4.69, 9.17) is 5.11 Å². The maximum atomic E-state index is 11.0. The Kier molecular flexibility index (Phi) is 4.89. The lowest BCUT2D eigenvalue weighted by atomic mass is 9.95. The Bertz CT molecular complexity index is 353. The van der Waals surface area contributed by atoms with Crippen molar-refractivity contribution in [1.82, 2.24) is 9.97 Å². The summed E-state index contributed by atoms with van der Waals surface area (Å²) in [4.78, 5) is 18.7. The van der Waals surface area contributed by atoms with Crippen LogP contribution in [-0.4, -0.2) is 21.0 Å². The van der Waals surface area contributed by atoms with Crippen LogP contribution in [0.4, 0.5) is 0 Å². The molecule has 0 aliphatic rings. The maximum Gasteiger partial charge on any atom is 0.354 e. The smallest absolute Gasteiger partial charge is 0.354 e. The van der Waals surface area contributed by atoms with E-state index >= 15 is 0 Å². The third-order valence-electron chi connectivity index (χ3n) is 2.71. The summed E-state index contributed by atoms with van der Waals surface area (Å²) >= 11 is 0. The average molecular weight is 222 g/mol. The molecule has 88 valence electrons. The van der Waals surface area contributed by atoms with E-state index in [0.717, 1.165) is 18.4 Å². The van der Waals surface area contributed by atoms with Crippen LogP contribution in [0.3, 0.4) is 0 Å². The van der Waals surface area contributed by atoms with Gasteiger partial charge in [-0.2, -0.15) is 0 Å². The first kappa shape index (κ1) is 12.6. The number of rotatable bonds is 6. The van der Waals surface area contributed by atoms with Gasteiger partial charge in [-0.15, -0.1) is 0 Å². The quantitative estimate of drug-likeness (QED) is 0.752. The van der Waals surface area contributed by atoms with Crippen molar-refractivity contribution < 1.29 is 9.90 Å². The first-order valence-corrected chi connectivity index (χ1v) is 5.70. The zero-order chi connectivity index (χ0) is 12.0. The van der Waals surface area contributed by atoms with Gasteiger partial charge in [-0.3, -0.25) is 0 Å². The number of hydrogen-bond acceptors (Lipinski definition) is 3. The molecule has 4 heteroatoms. The highest BCUT2D eigenvalue weighted by atomic mass is 16.4. The van der Waals surface area contributed by atoms with E-state index in [9.17, 15) is 4.79 Å². The van der Waals surface area contributed by atoms with Crippen molar-refractivity contribution in [2.45, 2.75) is 45.4 Å². The summed E-state index contributed by atoms with van der Waals surface area (Å²) in [7, 11) is 0. The lowest BCUT2D eigenvalue weighted by Gasteiger charge is -2.12. The Morgan fingerprint density at radius 2 is 2.25 bits per heavy atom. The SMILES string of the molecule is CCCCCC(C)c1cncnc1C(=O)O. The van der Waals surface area contributed by atoms with Gasteiger partial charge in [0.1, 0.15) is 6.33 Å². The highest BCUT2D eigenvalue weighted by molar-refractivity contribution is 5.87. The van der Waals surface area contributed by atoms with E-state index in [0.29, 0.717) is 0 Å². The standard InChI is InChI=1S/C12H18N2O2/c1-3-4-5-6-9(2)10-7-13-8-14-11(10)12(15)16/h7-9H,3-6H2,1-2H3,(H,15,16). The molecule has 0 spiro atoms. The summed E-state index contributed by atoms with van der Waals surface area (Å²) in [5.74, 6) is -0.765. The summed E-state index contributed by atoms with van der Waals surface area (Å²) < 4.78 is 0. The van der Waals surface area contributed by atoms with E-state index < -0.39 is 5.97 Å². The minimum absolute atomic E-state index is 0.138. The van der Waals surface area contributed by atoms with Gasteiger partial charge >= 0.3 is 5.97 Å². The van der Waals surface area contributed by atoms with Gasteiger partial charge in [-0.1, -0.05) is 33.1 Å². The van der Waals surface area contributed by atoms with Crippen LogP contribution in [0.5, 0.6) is 0 Å². The van der Waals surface area contributed by atoms with E-state index in [1.165, 1.54) is 19.2 Å². The second kappa shape index (κ2) is 6.20. The molecule has 16 heavy (non-hydrogen) atoms. The molecule has 0 bridgehead atoms. The van der Waals surface area contributed by atoms with Crippen molar-refractivity contribution in [3.63, 3.8) is 0 Å². The third kappa shape index (κ3) is 3.29. The zero-order valence-electron chi connectivity index (χ0n) is 9.81. The molecule has 0 aromatic carbocycles. The fraction of sp³-hybridized carbons (Fsp3) is 0.583. The zero-order valence-corrected chi connectivity index (χ0v) is 9.81. The first-order chi connectivity index (χ1) is 7.66. The van der Waals surface area contributed by atoms with Crippen molar-refractivity contribution >= 4 is 5.97 Å². The summed E-state index contributed by atoms with van der Waals surface area (Å²) in [6, 6.07) is 0. The maximum absolute atomic E-state index is 11.0. The van der Waals surface area contributed by atoms with Crippen molar-refractivity contribution in [3.8, 4) is 0 Å². The van der Waals surface area contributed by atoms with Gasteiger partial charge in [-0.25, -0.2) is 14.8 Å². The van der Waals surface area contributed by atoms with Crippen molar-refractivity contribution in [3.05, 3.63) is 23.8 Å². The predicted molar refractivity (Wildman–Crippen MR) is 61.5 cm³/mol. The molecule has 0 saturated carbocycles. The summed E-state index contributed by atoms with van der Waals surface area (Å²) in [6.07, 6.45) is 7.36. The molecule has 1 aromatic rings. The number of nitrogens with zero attached hydrogens (tertiary/aromatic N) is 2. The molecule has 1 N–H and O–H groups in total. The number of carboxylic acid groups (broad SMARTS) is 1. The van der Waals surface area contributed by atoms with E-state index in [2.05, 4.69) is 16.9 Å². The van der Waals surface area contributed by atoms with E-state index in [1.54, 1.807) is 6.20 Å². The van der Waals surface area contributed by atoms with Crippen molar-refractivity contribution in [2.24, 2.45) is 0 Å². The minimum Gasteiger partial charge on any atom is -0.477 e. The molecular weight excluding hydrogens is 204 g/mol. The second-order valence-corrected chi connectivity index (χ2v) is 4.03. The molecule has 0 aliphatic carbocycles. The number of carboxylic acids is 1. The van der Waals surface area contributed by atoms with Gasteiger partial charge in [0.15, 0.2) is 5.69 Å². The Hall–Kier alpha value is -1.45. The molecule has 0 aliphatic heterocycles. The molecule has 1 unspecified atom stereocenters. The van der Waals surface area contributed by atoms with Crippen LogP contribution in [0.1, 0.15) is 61.5 Å². The monoisotopic (exact) mass is 222 g/mol.